The van der Waals surface area contributed by atoms with E-state index in [1.165, 1.54) is 0 Å². The van der Waals surface area contributed by atoms with Gasteiger partial charge in [-0.15, -0.1) is 5.10 Å². The molecule has 7 heteroatoms. The minimum absolute atomic E-state index is 0.131. The second-order valence-electron chi connectivity index (χ2n) is 3.94. The van der Waals surface area contributed by atoms with Gasteiger partial charge in [-0.1, -0.05) is 20.3 Å². The monoisotopic (exact) mass is 248 g/mol. The summed E-state index contributed by atoms with van der Waals surface area (Å²) in [4.78, 5) is 15.9. The van der Waals surface area contributed by atoms with E-state index in [2.05, 4.69) is 37.6 Å². The van der Waals surface area contributed by atoms with E-state index in [9.17, 15) is 4.79 Å². The first kappa shape index (κ1) is 12.3. The van der Waals surface area contributed by atoms with Gasteiger partial charge in [-0.2, -0.15) is 5.10 Å². The normalized spacial score (nSPS) is 10.6. The molecule has 0 aliphatic heterocycles. The van der Waals surface area contributed by atoms with Crippen LogP contribution >= 0.6 is 0 Å². The van der Waals surface area contributed by atoms with E-state index in [0.29, 0.717) is 18.1 Å². The summed E-state index contributed by atoms with van der Waals surface area (Å²) in [5.74, 6) is 0.951. The number of aryl methyl sites for hydroxylation is 2. The Kier molecular flexibility index (Phi) is 3.71. The summed E-state index contributed by atoms with van der Waals surface area (Å²) in [5.41, 5.74) is 0.997. The second-order valence-corrected chi connectivity index (χ2v) is 3.94. The number of carbonyl (C=O) groups is 1. The Labute approximate surface area is 104 Å². The zero-order valence-corrected chi connectivity index (χ0v) is 10.4. The van der Waals surface area contributed by atoms with E-state index in [1.807, 2.05) is 13.0 Å². The lowest BCUT2D eigenvalue weighted by Gasteiger charge is -1.95. The molecule has 0 spiro atoms. The number of carbonyl (C=O) groups excluding carboxylic acids is 1. The highest BCUT2D eigenvalue weighted by Gasteiger charge is 2.13. The maximum atomic E-state index is 11.8. The molecule has 0 fully saturated rings. The molecule has 0 bridgehead atoms. The number of rotatable bonds is 5. The molecule has 0 radical (unpaired) electrons. The molecule has 0 saturated carbocycles. The quantitative estimate of drug-likeness (QED) is 0.742. The van der Waals surface area contributed by atoms with Crippen molar-refractivity contribution >= 4 is 11.7 Å². The van der Waals surface area contributed by atoms with E-state index in [0.717, 1.165) is 18.5 Å². The van der Waals surface area contributed by atoms with Crippen molar-refractivity contribution in [2.24, 2.45) is 0 Å². The number of aromatic amines is 2. The highest BCUT2D eigenvalue weighted by Crippen LogP contribution is 2.08. The molecule has 96 valence electrons. The van der Waals surface area contributed by atoms with Crippen LogP contribution in [0.25, 0.3) is 0 Å². The maximum Gasteiger partial charge on any atom is 0.296 e. The molecule has 2 aromatic heterocycles. The van der Waals surface area contributed by atoms with Gasteiger partial charge < -0.3 is 5.32 Å². The number of amides is 1. The number of aromatic nitrogens is 5. The van der Waals surface area contributed by atoms with Gasteiger partial charge in [0.25, 0.3) is 5.91 Å². The molecule has 0 atom stereocenters. The van der Waals surface area contributed by atoms with Crippen molar-refractivity contribution < 1.29 is 4.79 Å². The predicted molar refractivity (Wildman–Crippen MR) is 66.3 cm³/mol. The van der Waals surface area contributed by atoms with Gasteiger partial charge in [0.15, 0.2) is 5.82 Å². The number of nitrogens with one attached hydrogen (secondary N) is 3. The molecule has 0 saturated heterocycles. The standard InChI is InChI=1S/C11H16N6O/c1-3-5-7-6-9(16-14-7)13-11(18)10-12-8(4-2)15-17-10/h6H,3-5H2,1-2H3,(H,12,15,17)(H2,13,14,16,18). The number of hydrogen-bond acceptors (Lipinski definition) is 4. The lowest BCUT2D eigenvalue weighted by Crippen LogP contribution is -2.14. The fourth-order valence-electron chi connectivity index (χ4n) is 1.55. The van der Waals surface area contributed by atoms with Crippen LogP contribution in [0.2, 0.25) is 0 Å². The van der Waals surface area contributed by atoms with Crippen LogP contribution in [-0.4, -0.2) is 31.3 Å². The molecule has 0 aliphatic carbocycles. The van der Waals surface area contributed by atoms with Crippen LogP contribution in [0.4, 0.5) is 5.82 Å². The lowest BCUT2D eigenvalue weighted by molar-refractivity contribution is 0.101. The van der Waals surface area contributed by atoms with Crippen LogP contribution < -0.4 is 5.32 Å². The molecule has 2 aromatic rings. The van der Waals surface area contributed by atoms with Crippen molar-refractivity contribution in [2.45, 2.75) is 33.1 Å². The zero-order chi connectivity index (χ0) is 13.0. The zero-order valence-electron chi connectivity index (χ0n) is 10.4. The molecule has 2 rings (SSSR count). The predicted octanol–water partition coefficient (Wildman–Crippen LogP) is 1.29. The van der Waals surface area contributed by atoms with Gasteiger partial charge in [-0.05, 0) is 6.42 Å². The Bertz CT molecular complexity index is 529. The van der Waals surface area contributed by atoms with Crippen molar-refractivity contribution in [1.29, 1.82) is 0 Å². The number of nitrogens with zero attached hydrogens (tertiary/aromatic N) is 3. The first-order chi connectivity index (χ1) is 8.72. The topological polar surface area (TPSA) is 99.3 Å². The second kappa shape index (κ2) is 5.44. The molecule has 3 N–H and O–H groups in total. The van der Waals surface area contributed by atoms with Gasteiger partial charge in [-0.3, -0.25) is 15.0 Å². The van der Waals surface area contributed by atoms with Gasteiger partial charge in [-0.25, -0.2) is 4.98 Å². The van der Waals surface area contributed by atoms with Gasteiger partial charge in [0.05, 0.1) is 0 Å². The summed E-state index contributed by atoms with van der Waals surface area (Å²) in [6.45, 7) is 4.02. The Balaban J connectivity index is 2.01. The first-order valence-electron chi connectivity index (χ1n) is 5.99. The van der Waals surface area contributed by atoms with Crippen LogP contribution in [0.15, 0.2) is 6.07 Å². The lowest BCUT2D eigenvalue weighted by atomic mass is 10.2. The number of hydrogen-bond donors (Lipinski definition) is 3. The van der Waals surface area contributed by atoms with Gasteiger partial charge in [0.2, 0.25) is 5.82 Å². The molecule has 2 heterocycles. The summed E-state index contributed by atoms with van der Waals surface area (Å²) in [6, 6.07) is 1.81. The summed E-state index contributed by atoms with van der Waals surface area (Å²) in [6.07, 6.45) is 2.64. The summed E-state index contributed by atoms with van der Waals surface area (Å²) in [5, 5.41) is 16.1. The molecular formula is C11H16N6O. The third kappa shape index (κ3) is 2.73. The molecule has 0 aliphatic rings. The fourth-order valence-corrected chi connectivity index (χ4v) is 1.55. The van der Waals surface area contributed by atoms with Crippen molar-refractivity contribution in [1.82, 2.24) is 25.4 Å². The minimum atomic E-state index is -0.361. The maximum absolute atomic E-state index is 11.8. The van der Waals surface area contributed by atoms with Gasteiger partial charge in [0, 0.05) is 18.2 Å². The Morgan fingerprint density at radius 2 is 2.17 bits per heavy atom. The van der Waals surface area contributed by atoms with Gasteiger partial charge in [0.1, 0.15) is 5.82 Å². The third-order valence-electron chi connectivity index (χ3n) is 2.46. The summed E-state index contributed by atoms with van der Waals surface area (Å²) < 4.78 is 0. The van der Waals surface area contributed by atoms with Crippen molar-refractivity contribution in [3.05, 3.63) is 23.4 Å². The van der Waals surface area contributed by atoms with Gasteiger partial charge >= 0.3 is 0 Å². The van der Waals surface area contributed by atoms with E-state index in [4.69, 9.17) is 0 Å². The minimum Gasteiger partial charge on any atom is -0.302 e. The SMILES string of the molecule is CCCc1cc(NC(=O)c2n[nH]c(CC)n2)n[nH]1. The third-order valence-corrected chi connectivity index (χ3v) is 2.46. The van der Waals surface area contributed by atoms with Crippen molar-refractivity contribution in [2.75, 3.05) is 5.32 Å². The van der Waals surface area contributed by atoms with Crippen LogP contribution in [-0.2, 0) is 12.8 Å². The number of anilines is 1. The van der Waals surface area contributed by atoms with Crippen LogP contribution in [0.5, 0.6) is 0 Å². The van der Waals surface area contributed by atoms with Crippen LogP contribution in [0.3, 0.4) is 0 Å². The molecule has 18 heavy (non-hydrogen) atoms. The van der Waals surface area contributed by atoms with Crippen molar-refractivity contribution in [3.63, 3.8) is 0 Å². The Morgan fingerprint density at radius 3 is 2.83 bits per heavy atom. The Morgan fingerprint density at radius 1 is 1.33 bits per heavy atom. The highest BCUT2D eigenvalue weighted by atomic mass is 16.2. The summed E-state index contributed by atoms with van der Waals surface area (Å²) >= 11 is 0. The van der Waals surface area contributed by atoms with E-state index < -0.39 is 0 Å². The van der Waals surface area contributed by atoms with E-state index in [-0.39, 0.29) is 11.7 Å². The number of H-pyrrole nitrogens is 2. The molecule has 0 unspecified atom stereocenters. The highest BCUT2D eigenvalue weighted by molar-refractivity contribution is 6.00. The van der Waals surface area contributed by atoms with E-state index >= 15 is 0 Å². The average molecular weight is 248 g/mol. The van der Waals surface area contributed by atoms with Crippen molar-refractivity contribution in [3.8, 4) is 0 Å². The molecular weight excluding hydrogens is 232 g/mol. The smallest absolute Gasteiger partial charge is 0.296 e. The average Bonchev–Trinajstić information content (AvgIpc) is 2.98. The molecule has 1 amide bonds. The molecule has 7 nitrogen and oxygen atoms in total. The molecule has 0 aromatic carbocycles. The van der Waals surface area contributed by atoms with Crippen LogP contribution in [0, 0.1) is 0 Å². The van der Waals surface area contributed by atoms with E-state index in [1.54, 1.807) is 0 Å². The van der Waals surface area contributed by atoms with Crippen LogP contribution in [0.1, 0.15) is 42.4 Å². The largest absolute Gasteiger partial charge is 0.302 e. The first-order valence-corrected chi connectivity index (χ1v) is 5.99. The Hall–Kier alpha value is -2.18. The summed E-state index contributed by atoms with van der Waals surface area (Å²) in [7, 11) is 0. The fraction of sp³-hybridized carbons (Fsp3) is 0.455.